The fourth-order valence-corrected chi connectivity index (χ4v) is 6.83. The van der Waals surface area contributed by atoms with Crippen LogP contribution in [0.5, 0.6) is 0 Å². The Bertz CT molecular complexity index is 1400. The number of thioether (sulfide) groups is 1. The van der Waals surface area contributed by atoms with Crippen molar-refractivity contribution in [2.45, 2.75) is 55.6 Å². The van der Waals surface area contributed by atoms with E-state index in [1.807, 2.05) is 13.0 Å². The summed E-state index contributed by atoms with van der Waals surface area (Å²) in [5, 5.41) is 15.2. The molecule has 204 valence electrons. The molecule has 8 nitrogen and oxygen atoms in total. The van der Waals surface area contributed by atoms with Gasteiger partial charge in [-0.1, -0.05) is 31.5 Å². The van der Waals surface area contributed by atoms with E-state index < -0.39 is 23.1 Å². The van der Waals surface area contributed by atoms with Crippen LogP contribution in [-0.4, -0.2) is 41.2 Å². The topological polar surface area (TPSA) is 122 Å². The molecular weight excluding hydrogens is 536 g/mol. The SMILES string of the molecule is CCC(Sc1cccc(NC(=O)c2ccccc2C(=O)O)c1)C(=O)Nc1sc2c(c1C(=O)OC)CCCCC2. The number of carboxylic acid groups (broad SMARTS) is 1. The van der Waals surface area contributed by atoms with Crippen molar-refractivity contribution in [3.63, 3.8) is 0 Å². The number of hydrogen-bond donors (Lipinski definition) is 3. The molecule has 1 aromatic heterocycles. The van der Waals surface area contributed by atoms with Crippen LogP contribution in [0.25, 0.3) is 0 Å². The maximum atomic E-state index is 13.3. The van der Waals surface area contributed by atoms with E-state index in [2.05, 4.69) is 10.6 Å². The number of methoxy groups -OCH3 is 1. The van der Waals surface area contributed by atoms with Crippen LogP contribution >= 0.6 is 23.1 Å². The molecule has 1 unspecified atom stereocenters. The van der Waals surface area contributed by atoms with Crippen molar-refractivity contribution < 1.29 is 29.0 Å². The molecule has 10 heteroatoms. The van der Waals surface area contributed by atoms with Crippen LogP contribution in [0.15, 0.2) is 53.4 Å². The highest BCUT2D eigenvalue weighted by Crippen LogP contribution is 2.39. The molecule has 2 amide bonds. The highest BCUT2D eigenvalue weighted by molar-refractivity contribution is 8.00. The van der Waals surface area contributed by atoms with Gasteiger partial charge in [0.25, 0.3) is 5.91 Å². The number of thiophene rings is 1. The third kappa shape index (κ3) is 6.69. The third-order valence-electron chi connectivity index (χ3n) is 6.48. The number of aryl methyl sites for hydroxylation is 1. The second-order valence-corrected chi connectivity index (χ2v) is 11.5. The normalized spacial score (nSPS) is 13.5. The summed E-state index contributed by atoms with van der Waals surface area (Å²) in [5.41, 5.74) is 1.92. The minimum absolute atomic E-state index is 0.0598. The van der Waals surface area contributed by atoms with Crippen molar-refractivity contribution in [2.75, 3.05) is 17.7 Å². The number of rotatable bonds is 9. The highest BCUT2D eigenvalue weighted by atomic mass is 32.2. The monoisotopic (exact) mass is 566 g/mol. The fraction of sp³-hybridized carbons (Fsp3) is 0.310. The molecule has 39 heavy (non-hydrogen) atoms. The number of nitrogens with one attached hydrogen (secondary N) is 2. The van der Waals surface area contributed by atoms with Crippen molar-refractivity contribution in [3.8, 4) is 0 Å². The van der Waals surface area contributed by atoms with Gasteiger partial charge in [0.15, 0.2) is 0 Å². The lowest BCUT2D eigenvalue weighted by molar-refractivity contribution is -0.115. The minimum Gasteiger partial charge on any atom is -0.478 e. The molecule has 4 rings (SSSR count). The molecule has 1 atom stereocenters. The number of fused-ring (bicyclic) bond motifs is 1. The van der Waals surface area contributed by atoms with Gasteiger partial charge in [-0.25, -0.2) is 9.59 Å². The van der Waals surface area contributed by atoms with Gasteiger partial charge in [-0.2, -0.15) is 0 Å². The first-order valence-electron chi connectivity index (χ1n) is 12.8. The van der Waals surface area contributed by atoms with Crippen LogP contribution in [0.4, 0.5) is 10.7 Å². The summed E-state index contributed by atoms with van der Waals surface area (Å²) >= 11 is 2.81. The van der Waals surface area contributed by atoms with Crippen LogP contribution in [-0.2, 0) is 22.4 Å². The summed E-state index contributed by atoms with van der Waals surface area (Å²) in [6.07, 6.45) is 5.41. The van der Waals surface area contributed by atoms with Gasteiger partial charge in [-0.05, 0) is 68.0 Å². The Morgan fingerprint density at radius 1 is 1.00 bits per heavy atom. The smallest absolute Gasteiger partial charge is 0.341 e. The first-order valence-corrected chi connectivity index (χ1v) is 14.5. The van der Waals surface area contributed by atoms with E-state index in [4.69, 9.17) is 4.74 Å². The van der Waals surface area contributed by atoms with Crippen LogP contribution in [0.1, 0.15) is 74.1 Å². The zero-order valence-electron chi connectivity index (χ0n) is 21.7. The van der Waals surface area contributed by atoms with Gasteiger partial charge in [0.1, 0.15) is 5.00 Å². The standard InChI is InChI=1S/C29H30N2O6S2/c1-3-22(26(33)31-27-24(29(36)37-2)21-14-5-4-6-15-23(21)39-27)38-18-11-9-10-17(16-18)30-25(32)19-12-7-8-13-20(19)28(34)35/h7-13,16,22H,3-6,14-15H2,1-2H3,(H,30,32)(H,31,33)(H,34,35). The zero-order chi connectivity index (χ0) is 27.9. The Morgan fingerprint density at radius 3 is 2.46 bits per heavy atom. The van der Waals surface area contributed by atoms with Crippen molar-refractivity contribution in [1.82, 2.24) is 0 Å². The van der Waals surface area contributed by atoms with E-state index in [0.29, 0.717) is 22.7 Å². The molecule has 0 spiro atoms. The molecular formula is C29H30N2O6S2. The Morgan fingerprint density at radius 2 is 1.74 bits per heavy atom. The third-order valence-corrected chi connectivity index (χ3v) is 9.05. The lowest BCUT2D eigenvalue weighted by Gasteiger charge is -2.16. The Kier molecular flexibility index (Phi) is 9.42. The highest BCUT2D eigenvalue weighted by Gasteiger charge is 2.28. The van der Waals surface area contributed by atoms with E-state index in [9.17, 15) is 24.3 Å². The summed E-state index contributed by atoms with van der Waals surface area (Å²) in [5.74, 6) is -2.36. The maximum Gasteiger partial charge on any atom is 0.341 e. The molecule has 3 N–H and O–H groups in total. The van der Waals surface area contributed by atoms with E-state index in [1.54, 1.807) is 30.3 Å². The number of amides is 2. The number of hydrogen-bond acceptors (Lipinski definition) is 7. The van der Waals surface area contributed by atoms with Crippen molar-refractivity contribution in [2.24, 2.45) is 0 Å². The number of carbonyl (C=O) groups excluding carboxylic acids is 3. The zero-order valence-corrected chi connectivity index (χ0v) is 23.4. The van der Waals surface area contributed by atoms with Gasteiger partial charge in [0.2, 0.25) is 5.91 Å². The molecule has 0 radical (unpaired) electrons. The number of anilines is 2. The van der Waals surface area contributed by atoms with E-state index >= 15 is 0 Å². The quantitative estimate of drug-likeness (QED) is 0.159. The Hall–Kier alpha value is -3.63. The lowest BCUT2D eigenvalue weighted by atomic mass is 10.1. The predicted molar refractivity (Wildman–Crippen MR) is 153 cm³/mol. The average molecular weight is 567 g/mol. The van der Waals surface area contributed by atoms with E-state index in [0.717, 1.165) is 47.4 Å². The van der Waals surface area contributed by atoms with Gasteiger partial charge < -0.3 is 20.5 Å². The molecule has 3 aromatic rings. The summed E-state index contributed by atoms with van der Waals surface area (Å²) in [6.45, 7) is 1.91. The maximum absolute atomic E-state index is 13.3. The number of aromatic carboxylic acids is 1. The van der Waals surface area contributed by atoms with E-state index in [1.165, 1.54) is 42.3 Å². The summed E-state index contributed by atoms with van der Waals surface area (Å²) in [4.78, 5) is 52.1. The molecule has 0 bridgehead atoms. The van der Waals surface area contributed by atoms with Crippen LogP contribution < -0.4 is 10.6 Å². The van der Waals surface area contributed by atoms with Gasteiger partial charge in [0.05, 0.1) is 29.1 Å². The molecule has 0 aliphatic heterocycles. The predicted octanol–water partition coefficient (Wildman–Crippen LogP) is 6.26. The molecule has 0 saturated carbocycles. The largest absolute Gasteiger partial charge is 0.478 e. The average Bonchev–Trinajstić information content (AvgIpc) is 3.10. The summed E-state index contributed by atoms with van der Waals surface area (Å²) in [7, 11) is 1.35. The lowest BCUT2D eigenvalue weighted by Crippen LogP contribution is -2.25. The molecule has 1 aliphatic carbocycles. The number of ether oxygens (including phenoxy) is 1. The van der Waals surface area contributed by atoms with Gasteiger partial charge in [-0.3, -0.25) is 9.59 Å². The Balaban J connectivity index is 1.49. The molecule has 0 saturated heterocycles. The summed E-state index contributed by atoms with van der Waals surface area (Å²) < 4.78 is 5.05. The van der Waals surface area contributed by atoms with Crippen LogP contribution in [0, 0.1) is 0 Å². The Labute approximate surface area is 235 Å². The van der Waals surface area contributed by atoms with Crippen molar-refractivity contribution >= 4 is 57.5 Å². The van der Waals surface area contributed by atoms with Crippen LogP contribution in [0.3, 0.4) is 0 Å². The first-order chi connectivity index (χ1) is 18.8. The van der Waals surface area contributed by atoms with Gasteiger partial charge in [0, 0.05) is 15.5 Å². The van der Waals surface area contributed by atoms with Gasteiger partial charge >= 0.3 is 11.9 Å². The second kappa shape index (κ2) is 12.9. The molecule has 2 aromatic carbocycles. The molecule has 1 heterocycles. The van der Waals surface area contributed by atoms with E-state index in [-0.39, 0.29) is 17.0 Å². The molecule has 0 fully saturated rings. The second-order valence-electron chi connectivity index (χ2n) is 9.10. The first kappa shape index (κ1) is 28.4. The number of carboxylic acids is 1. The number of carbonyl (C=O) groups is 4. The fourth-order valence-electron chi connectivity index (χ4n) is 4.54. The minimum atomic E-state index is -1.18. The van der Waals surface area contributed by atoms with Gasteiger partial charge in [-0.15, -0.1) is 23.1 Å². The number of esters is 1. The summed E-state index contributed by atoms with van der Waals surface area (Å²) in [6, 6.07) is 13.1. The molecule has 1 aliphatic rings. The number of benzene rings is 2. The van der Waals surface area contributed by atoms with Crippen molar-refractivity contribution in [3.05, 3.63) is 75.7 Å². The van der Waals surface area contributed by atoms with Crippen molar-refractivity contribution in [1.29, 1.82) is 0 Å². The van der Waals surface area contributed by atoms with Crippen LogP contribution in [0.2, 0.25) is 0 Å².